The van der Waals surface area contributed by atoms with E-state index in [0.717, 1.165) is 51.4 Å². The zero-order valence-electron chi connectivity index (χ0n) is 20.0. The number of hydrogen-bond donors (Lipinski definition) is 1. The van der Waals surface area contributed by atoms with Crippen LogP contribution >= 0.6 is 0 Å². The summed E-state index contributed by atoms with van der Waals surface area (Å²) in [6, 6.07) is 6.03. The van der Waals surface area contributed by atoms with Crippen LogP contribution in [0.4, 0.5) is 0 Å². The lowest BCUT2D eigenvalue weighted by molar-refractivity contribution is -0.130. The topological polar surface area (TPSA) is 68.7 Å². The Hall–Kier alpha value is -1.87. The minimum Gasteiger partial charge on any atom is -0.493 e. The minimum atomic E-state index is -0.514. The van der Waals surface area contributed by atoms with Crippen LogP contribution in [0.15, 0.2) is 18.2 Å². The Morgan fingerprint density at radius 3 is 2.34 bits per heavy atom. The fraction of sp³-hybridized carbons (Fsp3) is 0.708. The highest BCUT2D eigenvalue weighted by molar-refractivity contribution is 5.77. The van der Waals surface area contributed by atoms with Gasteiger partial charge in [-0.25, -0.2) is 0 Å². The highest BCUT2D eigenvalue weighted by atomic mass is 16.5. The molecule has 0 radical (unpaired) electrons. The van der Waals surface area contributed by atoms with Crippen molar-refractivity contribution in [2.45, 2.75) is 31.9 Å². The number of likely N-dealkylation sites (tertiary alicyclic amines) is 1. The number of β-amino-alcohol motifs (C(OH)–C–C–N with tert-alkyl or cyclic N) is 1. The molecule has 1 atom stereocenters. The van der Waals surface area contributed by atoms with Gasteiger partial charge in [0.1, 0.15) is 12.7 Å². The van der Waals surface area contributed by atoms with Crippen molar-refractivity contribution in [1.29, 1.82) is 0 Å². The molecule has 1 N–H and O–H groups in total. The summed E-state index contributed by atoms with van der Waals surface area (Å²) >= 11 is 0. The zero-order chi connectivity index (χ0) is 22.9. The monoisotopic (exact) mass is 448 g/mol. The normalized spacial score (nSPS) is 19.5. The highest BCUT2D eigenvalue weighted by Gasteiger charge is 2.20. The number of likely N-dealkylation sites (N-methyl/N-ethyl adjacent to an activating group) is 1. The van der Waals surface area contributed by atoms with Crippen molar-refractivity contribution in [2.75, 3.05) is 80.2 Å². The van der Waals surface area contributed by atoms with Gasteiger partial charge in [-0.05, 0) is 43.6 Å². The van der Waals surface area contributed by atoms with Gasteiger partial charge in [0.25, 0.3) is 0 Å². The smallest absolute Gasteiger partial charge is 0.236 e. The van der Waals surface area contributed by atoms with E-state index in [9.17, 15) is 9.90 Å². The number of carbonyl (C=O) groups is 1. The Morgan fingerprint density at radius 2 is 1.69 bits per heavy atom. The molecule has 1 amide bonds. The third-order valence-corrected chi connectivity index (χ3v) is 6.31. The number of piperazine rings is 1. The highest BCUT2D eigenvalue weighted by Crippen LogP contribution is 2.29. The third-order valence-electron chi connectivity index (χ3n) is 6.31. The van der Waals surface area contributed by atoms with Crippen LogP contribution in [0.3, 0.4) is 0 Å². The lowest BCUT2D eigenvalue weighted by atomic mass is 10.1. The van der Waals surface area contributed by atoms with Crippen molar-refractivity contribution in [1.82, 2.24) is 19.6 Å². The molecule has 180 valence electrons. The van der Waals surface area contributed by atoms with E-state index in [1.807, 2.05) is 12.1 Å². The number of piperidine rings is 1. The lowest BCUT2D eigenvalue weighted by Gasteiger charge is -2.34. The molecule has 0 saturated carbocycles. The van der Waals surface area contributed by atoms with Crippen molar-refractivity contribution in [3.05, 3.63) is 23.8 Å². The third kappa shape index (κ3) is 7.62. The molecule has 32 heavy (non-hydrogen) atoms. The summed E-state index contributed by atoms with van der Waals surface area (Å²) in [6.07, 6.45) is 3.20. The maximum atomic E-state index is 11.9. The van der Waals surface area contributed by atoms with Gasteiger partial charge in [-0.3, -0.25) is 14.6 Å². The number of amides is 1. The molecule has 0 aliphatic carbocycles. The van der Waals surface area contributed by atoms with Gasteiger partial charge in [0.05, 0.1) is 13.7 Å². The molecule has 3 rings (SSSR count). The van der Waals surface area contributed by atoms with E-state index in [0.29, 0.717) is 24.6 Å². The summed E-state index contributed by atoms with van der Waals surface area (Å²) < 4.78 is 11.4. The van der Waals surface area contributed by atoms with Crippen LogP contribution in [0.5, 0.6) is 11.5 Å². The molecular formula is C24H40N4O4. The van der Waals surface area contributed by atoms with E-state index in [4.69, 9.17) is 9.47 Å². The van der Waals surface area contributed by atoms with Crippen molar-refractivity contribution in [2.24, 2.45) is 0 Å². The number of benzene rings is 1. The van der Waals surface area contributed by atoms with Crippen molar-refractivity contribution in [3.8, 4) is 11.5 Å². The van der Waals surface area contributed by atoms with Gasteiger partial charge in [0.2, 0.25) is 5.91 Å². The molecule has 0 aromatic heterocycles. The van der Waals surface area contributed by atoms with E-state index < -0.39 is 6.10 Å². The Balaban J connectivity index is 1.48. The standard InChI is InChI=1S/C24H40N4O4/c1-25(2)24(30)18-28-13-11-27(12-14-28)16-20-7-8-22(31-3)23(15-20)32-19-21(29)17-26-9-5-4-6-10-26/h7-8,15,21,29H,4-6,9-14,16-19H2,1-3H3/t21-/m0/s1. The Bertz CT molecular complexity index is 716. The molecule has 2 fully saturated rings. The first-order valence-electron chi connectivity index (χ1n) is 11.8. The van der Waals surface area contributed by atoms with E-state index in [1.165, 1.54) is 19.3 Å². The van der Waals surface area contributed by atoms with Crippen LogP contribution in [0.1, 0.15) is 24.8 Å². The number of aliphatic hydroxyl groups is 1. The van der Waals surface area contributed by atoms with Crippen LogP contribution in [0, 0.1) is 0 Å². The summed E-state index contributed by atoms with van der Waals surface area (Å²) in [6.45, 7) is 7.99. The second-order valence-corrected chi connectivity index (χ2v) is 9.15. The fourth-order valence-corrected chi connectivity index (χ4v) is 4.31. The van der Waals surface area contributed by atoms with Crippen LogP contribution in [0.2, 0.25) is 0 Å². The molecule has 8 nitrogen and oxygen atoms in total. The number of hydrogen-bond acceptors (Lipinski definition) is 7. The SMILES string of the molecule is COc1ccc(CN2CCN(CC(=O)N(C)C)CC2)cc1OC[C@@H](O)CN1CCCCC1. The quantitative estimate of drug-likeness (QED) is 0.575. The van der Waals surface area contributed by atoms with Gasteiger partial charge in [-0.15, -0.1) is 0 Å². The fourth-order valence-electron chi connectivity index (χ4n) is 4.31. The Kier molecular flexibility index (Phi) is 9.59. The number of methoxy groups -OCH3 is 1. The summed E-state index contributed by atoms with van der Waals surface area (Å²) in [5.41, 5.74) is 1.16. The first-order valence-corrected chi connectivity index (χ1v) is 11.8. The molecule has 2 aliphatic heterocycles. The molecule has 2 saturated heterocycles. The number of carbonyl (C=O) groups excluding carboxylic acids is 1. The van der Waals surface area contributed by atoms with Gasteiger partial charge in [-0.1, -0.05) is 12.5 Å². The second kappa shape index (κ2) is 12.4. The van der Waals surface area contributed by atoms with E-state index in [2.05, 4.69) is 20.8 Å². The number of nitrogens with zero attached hydrogens (tertiary/aromatic N) is 4. The summed E-state index contributed by atoms with van der Waals surface area (Å²) in [7, 11) is 5.24. The largest absolute Gasteiger partial charge is 0.493 e. The molecular weight excluding hydrogens is 408 g/mol. The van der Waals surface area contributed by atoms with Gasteiger partial charge in [0, 0.05) is 53.4 Å². The van der Waals surface area contributed by atoms with Gasteiger partial charge in [0.15, 0.2) is 11.5 Å². The van der Waals surface area contributed by atoms with Crippen molar-refractivity contribution >= 4 is 5.91 Å². The maximum absolute atomic E-state index is 11.9. The molecule has 2 aliphatic rings. The van der Waals surface area contributed by atoms with E-state index in [-0.39, 0.29) is 12.5 Å². The van der Waals surface area contributed by atoms with Crippen LogP contribution in [-0.2, 0) is 11.3 Å². The summed E-state index contributed by atoms with van der Waals surface area (Å²) in [5.74, 6) is 1.52. The zero-order valence-corrected chi connectivity index (χ0v) is 20.0. The Morgan fingerprint density at radius 1 is 1.00 bits per heavy atom. The minimum absolute atomic E-state index is 0.151. The molecule has 0 bridgehead atoms. The van der Waals surface area contributed by atoms with E-state index >= 15 is 0 Å². The molecule has 8 heteroatoms. The predicted octanol–water partition coefficient (Wildman–Crippen LogP) is 1.13. The Labute approximate surface area is 192 Å². The van der Waals surface area contributed by atoms with E-state index in [1.54, 1.807) is 26.1 Å². The van der Waals surface area contributed by atoms with Crippen LogP contribution in [-0.4, -0.2) is 117 Å². The maximum Gasteiger partial charge on any atom is 0.236 e. The van der Waals surface area contributed by atoms with Crippen molar-refractivity contribution in [3.63, 3.8) is 0 Å². The number of ether oxygens (including phenoxy) is 2. The van der Waals surface area contributed by atoms with Crippen LogP contribution in [0.25, 0.3) is 0 Å². The molecule has 0 spiro atoms. The number of rotatable bonds is 10. The summed E-state index contributed by atoms with van der Waals surface area (Å²) in [5, 5.41) is 10.4. The van der Waals surface area contributed by atoms with Crippen molar-refractivity contribution < 1.29 is 19.4 Å². The average molecular weight is 449 g/mol. The van der Waals surface area contributed by atoms with Gasteiger partial charge < -0.3 is 24.4 Å². The molecule has 1 aromatic rings. The molecule has 2 heterocycles. The second-order valence-electron chi connectivity index (χ2n) is 9.15. The first-order chi connectivity index (χ1) is 15.4. The van der Waals surface area contributed by atoms with Crippen LogP contribution < -0.4 is 9.47 Å². The lowest BCUT2D eigenvalue weighted by Crippen LogP contribution is -2.48. The summed E-state index contributed by atoms with van der Waals surface area (Å²) in [4.78, 5) is 20.5. The first kappa shape index (κ1) is 24.8. The molecule has 1 aromatic carbocycles. The number of aliphatic hydroxyl groups excluding tert-OH is 1. The van der Waals surface area contributed by atoms with Gasteiger partial charge >= 0.3 is 0 Å². The molecule has 0 unspecified atom stereocenters. The predicted molar refractivity (Wildman–Crippen MR) is 125 cm³/mol. The average Bonchev–Trinajstić information content (AvgIpc) is 2.79. The van der Waals surface area contributed by atoms with Gasteiger partial charge in [-0.2, -0.15) is 0 Å².